The largest absolute Gasteiger partial charge is 0.504 e. The fraction of sp³-hybridized carbons (Fsp3) is 0.667. The standard InChI is InChI=1S/C21H25NO4/c1-22(11-12-2-3-12)9-8-20-17-13-4-5-14(23)18(17)26-19(20)15(24)6-7-21(20,25)16(22)10-13/h4-5,12,16,19,25H,2-3,6-11H2,1H3/p+1/t16?,19?,20?,21-,22?/m0/s1/i1D3,2D2,3D2,11D2,12D. The van der Waals surface area contributed by atoms with E-state index < -0.39 is 66.3 Å². The van der Waals surface area contributed by atoms with Gasteiger partial charge >= 0.3 is 0 Å². The number of rotatable bonds is 2. The summed E-state index contributed by atoms with van der Waals surface area (Å²) in [4.78, 5) is 13.0. The normalized spacial score (nSPS) is 57.0. The van der Waals surface area contributed by atoms with Crippen molar-refractivity contribution in [2.45, 2.75) is 61.6 Å². The van der Waals surface area contributed by atoms with Gasteiger partial charge in [-0.25, -0.2) is 0 Å². The number of quaternary nitrogens is 1. The molecular formula is C21H26NO4+. The van der Waals surface area contributed by atoms with E-state index in [9.17, 15) is 15.0 Å². The highest BCUT2D eigenvalue weighted by molar-refractivity contribution is 5.90. The molecule has 0 amide bonds. The van der Waals surface area contributed by atoms with E-state index >= 15 is 0 Å². The second-order valence-corrected chi connectivity index (χ2v) is 8.11. The molecule has 6 rings (SSSR count). The lowest BCUT2D eigenvalue weighted by Crippen LogP contribution is -2.80. The molecule has 0 radical (unpaired) electrons. The van der Waals surface area contributed by atoms with Crippen molar-refractivity contribution >= 4 is 5.78 Å². The molecule has 2 saturated carbocycles. The summed E-state index contributed by atoms with van der Waals surface area (Å²) < 4.78 is 89.1. The number of likely N-dealkylation sites (N-methyl/N-ethyl adjacent to an activating group) is 1. The average Bonchev–Trinajstić information content (AvgIpc) is 3.01. The van der Waals surface area contributed by atoms with Gasteiger partial charge in [-0.15, -0.1) is 0 Å². The summed E-state index contributed by atoms with van der Waals surface area (Å²) in [5.41, 5.74) is -2.57. The minimum Gasteiger partial charge on any atom is -0.504 e. The average molecular weight is 367 g/mol. The molecule has 1 spiro atoms. The number of phenolic OH excluding ortho intramolecular Hbond substituents is 1. The van der Waals surface area contributed by atoms with Crippen molar-refractivity contribution in [1.82, 2.24) is 0 Å². The zero-order chi connectivity index (χ0) is 26.7. The predicted molar refractivity (Wildman–Crippen MR) is 94.1 cm³/mol. The molecule has 0 aromatic heterocycles. The number of piperidine rings is 1. The number of benzene rings is 1. The maximum Gasteiger partial charge on any atom is 0.174 e. The Morgan fingerprint density at radius 2 is 2.35 bits per heavy atom. The first-order valence-electron chi connectivity index (χ1n) is 14.0. The van der Waals surface area contributed by atoms with Crippen LogP contribution in [0.2, 0.25) is 0 Å². The van der Waals surface area contributed by atoms with Crippen LogP contribution in [0.25, 0.3) is 0 Å². The van der Waals surface area contributed by atoms with E-state index in [-0.39, 0.29) is 43.0 Å². The first-order valence-corrected chi connectivity index (χ1v) is 8.96. The summed E-state index contributed by atoms with van der Waals surface area (Å²) in [6, 6.07) is 1.38. The predicted octanol–water partition coefficient (Wildman–Crippen LogP) is 1.67. The second kappa shape index (κ2) is 4.45. The molecule has 3 aliphatic carbocycles. The number of ketones is 1. The minimum atomic E-state index is -3.30. The third-order valence-electron chi connectivity index (χ3n) is 7.09. The lowest BCUT2D eigenvalue weighted by molar-refractivity contribution is -0.950. The number of aliphatic hydroxyl groups is 1. The van der Waals surface area contributed by atoms with Crippen molar-refractivity contribution in [2.75, 3.05) is 20.0 Å². The van der Waals surface area contributed by atoms with E-state index in [4.69, 9.17) is 18.4 Å². The lowest BCUT2D eigenvalue weighted by Gasteiger charge is -2.64. The Hall–Kier alpha value is -1.59. The molecule has 1 aromatic rings. The van der Waals surface area contributed by atoms with Crippen LogP contribution in [-0.2, 0) is 16.6 Å². The van der Waals surface area contributed by atoms with Gasteiger partial charge in [0.2, 0.25) is 0 Å². The van der Waals surface area contributed by atoms with Gasteiger partial charge < -0.3 is 19.4 Å². The van der Waals surface area contributed by atoms with Gasteiger partial charge in [0.1, 0.15) is 11.6 Å². The Kier molecular flexibility index (Phi) is 1.47. The van der Waals surface area contributed by atoms with Crippen LogP contribution in [0.1, 0.15) is 56.8 Å². The van der Waals surface area contributed by atoms with Crippen molar-refractivity contribution < 1.29 is 37.9 Å². The van der Waals surface area contributed by atoms with Crippen molar-refractivity contribution in [1.29, 1.82) is 0 Å². The Morgan fingerprint density at radius 3 is 3.12 bits per heavy atom. The molecule has 5 nitrogen and oxygen atoms in total. The Balaban J connectivity index is 1.65. The van der Waals surface area contributed by atoms with Crippen LogP contribution in [-0.4, -0.2) is 58.2 Å². The highest BCUT2D eigenvalue weighted by Gasteiger charge is 2.76. The Bertz CT molecular complexity index is 1220. The van der Waals surface area contributed by atoms with Gasteiger partial charge in [-0.1, -0.05) is 6.07 Å². The number of phenols is 1. The first kappa shape index (κ1) is 8.61. The van der Waals surface area contributed by atoms with Crippen molar-refractivity contribution in [3.8, 4) is 11.5 Å². The molecule has 2 aliphatic heterocycles. The molecule has 2 N–H and O–H groups in total. The summed E-state index contributed by atoms with van der Waals surface area (Å²) in [7, 11) is 0. The zero-order valence-corrected chi connectivity index (χ0v) is 14.0. The Morgan fingerprint density at radius 1 is 1.50 bits per heavy atom. The van der Waals surface area contributed by atoms with Crippen LogP contribution in [0.5, 0.6) is 11.5 Å². The smallest absolute Gasteiger partial charge is 0.174 e. The molecule has 1 aromatic carbocycles. The number of ether oxygens (including phenoxy) is 1. The number of hydrogen-bond acceptors (Lipinski definition) is 4. The highest BCUT2D eigenvalue weighted by Crippen LogP contribution is 2.65. The van der Waals surface area contributed by atoms with Crippen LogP contribution in [0.4, 0.5) is 0 Å². The van der Waals surface area contributed by atoms with Crippen LogP contribution >= 0.6 is 0 Å². The molecule has 5 atom stereocenters. The molecule has 5 heteroatoms. The fourth-order valence-corrected chi connectivity index (χ4v) is 5.96. The van der Waals surface area contributed by atoms with E-state index in [2.05, 4.69) is 0 Å². The van der Waals surface area contributed by atoms with E-state index in [0.717, 1.165) is 0 Å². The number of carbonyl (C=O) groups excluding carboxylic acids is 1. The number of likely N-dealkylation sites (tertiary alicyclic amines) is 1. The molecule has 2 heterocycles. The van der Waals surface area contributed by atoms with Crippen LogP contribution in [0.15, 0.2) is 12.1 Å². The first-order chi connectivity index (χ1) is 16.3. The number of aromatic hydroxyl groups is 1. The molecule has 1 saturated heterocycles. The van der Waals surface area contributed by atoms with Crippen LogP contribution in [0.3, 0.4) is 0 Å². The summed E-state index contributed by atoms with van der Waals surface area (Å²) in [5, 5.41) is 22.9. The van der Waals surface area contributed by atoms with E-state index in [1.54, 1.807) is 0 Å². The van der Waals surface area contributed by atoms with Crippen LogP contribution < -0.4 is 4.74 Å². The maximum absolute atomic E-state index is 13.0. The van der Waals surface area contributed by atoms with Gasteiger partial charge in [0, 0.05) is 37.6 Å². The maximum atomic E-state index is 13.0. The topological polar surface area (TPSA) is 66.8 Å². The van der Waals surface area contributed by atoms with Crippen molar-refractivity contribution in [2.24, 2.45) is 5.89 Å². The SMILES string of the molecule is [2H]C1([2H])C([2H])([2H])C1([2H])C([2H])([2H])[N+]1(C([2H])([2H])[2H])CCC23c4c5ccc(O)c4OC2C(=O)CC[C@]3(O)C1C5. The van der Waals surface area contributed by atoms with E-state index in [1.165, 1.54) is 12.1 Å². The number of Topliss-reactive ketones (excluding diaryl/α,β-unsaturated/α-hetero) is 1. The van der Waals surface area contributed by atoms with Gasteiger partial charge in [-0.3, -0.25) is 4.79 Å². The molecule has 2 bridgehead atoms. The van der Waals surface area contributed by atoms with Gasteiger partial charge in [-0.2, -0.15) is 0 Å². The molecule has 5 aliphatic rings. The summed E-state index contributed by atoms with van der Waals surface area (Å²) in [6.45, 7) is -7.05. The molecule has 4 unspecified atom stereocenters. The number of nitrogens with zero attached hydrogens (tertiary/aromatic N) is 1. The third-order valence-corrected chi connectivity index (χ3v) is 7.09. The van der Waals surface area contributed by atoms with Crippen molar-refractivity contribution in [3.05, 3.63) is 23.3 Å². The number of carbonyl (C=O) groups is 1. The quantitative estimate of drug-likeness (QED) is 0.782. The Labute approximate surface area is 167 Å². The monoisotopic (exact) mass is 366 g/mol. The zero-order valence-electron chi connectivity index (χ0n) is 24.0. The van der Waals surface area contributed by atoms with Gasteiger partial charge in [0.15, 0.2) is 23.4 Å². The molecule has 26 heavy (non-hydrogen) atoms. The van der Waals surface area contributed by atoms with E-state index in [1.807, 2.05) is 0 Å². The minimum absolute atomic E-state index is 0.0494. The van der Waals surface area contributed by atoms with Crippen LogP contribution in [0, 0.1) is 5.89 Å². The summed E-state index contributed by atoms with van der Waals surface area (Å²) in [5.74, 6) is -3.58. The molecule has 3 fully saturated rings. The van der Waals surface area contributed by atoms with E-state index in [0.29, 0.717) is 11.1 Å². The third kappa shape index (κ3) is 1.55. The van der Waals surface area contributed by atoms with Gasteiger partial charge in [-0.05, 0) is 30.8 Å². The lowest BCUT2D eigenvalue weighted by atomic mass is 9.48. The second-order valence-electron chi connectivity index (χ2n) is 8.11. The molecular weight excluding hydrogens is 330 g/mol. The van der Waals surface area contributed by atoms with Crippen molar-refractivity contribution in [3.63, 3.8) is 0 Å². The fourth-order valence-electron chi connectivity index (χ4n) is 5.96. The van der Waals surface area contributed by atoms with Gasteiger partial charge in [0.25, 0.3) is 0 Å². The molecule has 138 valence electrons. The highest BCUT2D eigenvalue weighted by atomic mass is 16.5. The number of hydrogen-bond donors (Lipinski definition) is 2. The van der Waals surface area contributed by atoms with Gasteiger partial charge in [0.05, 0.1) is 32.3 Å². The summed E-state index contributed by atoms with van der Waals surface area (Å²) in [6.07, 6.45) is -8.02. The summed E-state index contributed by atoms with van der Waals surface area (Å²) >= 11 is 0.